The van der Waals surface area contributed by atoms with Gasteiger partial charge in [-0.05, 0) is 36.6 Å². The van der Waals surface area contributed by atoms with E-state index in [2.05, 4.69) is 16.0 Å². The van der Waals surface area contributed by atoms with Crippen molar-refractivity contribution in [2.75, 3.05) is 0 Å². The first kappa shape index (κ1) is 26.4. The van der Waals surface area contributed by atoms with Crippen molar-refractivity contribution in [1.82, 2.24) is 16.0 Å². The molecule has 0 bridgehead atoms. The monoisotopic (exact) mass is 468 g/mol. The first-order valence-electron chi connectivity index (χ1n) is 10.9. The molecule has 0 saturated carbocycles. The third-order valence-corrected chi connectivity index (χ3v) is 5.08. The number of hydrogen-bond donors (Lipinski definition) is 4. The van der Waals surface area contributed by atoms with E-state index >= 15 is 0 Å². The van der Waals surface area contributed by atoms with E-state index in [-0.39, 0.29) is 25.8 Å². The molecule has 0 saturated heterocycles. The lowest BCUT2D eigenvalue weighted by molar-refractivity contribution is -0.132. The lowest BCUT2D eigenvalue weighted by Gasteiger charge is -2.23. The first-order valence-corrected chi connectivity index (χ1v) is 10.9. The number of carbonyl (C=O) groups excluding carboxylic acids is 4. The maximum atomic E-state index is 13.6. The molecule has 2 aromatic rings. The number of halogens is 1. The van der Waals surface area contributed by atoms with E-state index in [0.29, 0.717) is 11.8 Å². The molecule has 0 aliphatic carbocycles. The molecule has 2 atom stereocenters. The summed E-state index contributed by atoms with van der Waals surface area (Å²) < 4.78 is 13.6. The molecule has 0 radical (unpaired) electrons. The number of amides is 3. The van der Waals surface area contributed by atoms with Gasteiger partial charge in [-0.15, -0.1) is 0 Å². The number of nitrogens with one attached hydrogen (secondary N) is 4. The number of rotatable bonds is 12. The summed E-state index contributed by atoms with van der Waals surface area (Å²) in [6.45, 7) is 3.42. The Morgan fingerprint density at radius 2 is 1.68 bits per heavy atom. The van der Waals surface area contributed by atoms with Crippen molar-refractivity contribution < 1.29 is 23.6 Å². The van der Waals surface area contributed by atoms with E-state index in [9.17, 15) is 23.6 Å². The van der Waals surface area contributed by atoms with Gasteiger partial charge in [-0.1, -0.05) is 42.0 Å². The standard InChI is InChI=1S/C25H29FN4O4/c1-16-6-8-18(9-7-16)15-28-24(33)22(11-10-21(32)14-27)30-25(34)23(29-17(2)31)13-19-4-3-5-20(26)12-19/h3-9,12,14,22-23,27H,10-11,13,15H2,1-2H3,(H,28,33)(H,29,31)(H,30,34)/t22-,23-/m0/s1. The van der Waals surface area contributed by atoms with Crippen LogP contribution in [-0.4, -0.2) is 41.8 Å². The Hall–Kier alpha value is -3.88. The lowest BCUT2D eigenvalue weighted by atomic mass is 10.0. The third kappa shape index (κ3) is 8.93. The van der Waals surface area contributed by atoms with Gasteiger partial charge >= 0.3 is 0 Å². The highest BCUT2D eigenvalue weighted by Crippen LogP contribution is 2.09. The van der Waals surface area contributed by atoms with E-state index < -0.39 is 41.4 Å². The second-order valence-electron chi connectivity index (χ2n) is 8.00. The maximum absolute atomic E-state index is 13.6. The van der Waals surface area contributed by atoms with Crippen molar-refractivity contribution in [3.63, 3.8) is 0 Å². The summed E-state index contributed by atoms with van der Waals surface area (Å²) in [6, 6.07) is 11.1. The molecule has 4 N–H and O–H groups in total. The molecule has 34 heavy (non-hydrogen) atoms. The molecule has 2 aromatic carbocycles. The largest absolute Gasteiger partial charge is 0.350 e. The molecule has 0 aliphatic rings. The minimum atomic E-state index is -1.06. The summed E-state index contributed by atoms with van der Waals surface area (Å²) in [5, 5.41) is 14.9. The van der Waals surface area contributed by atoms with Crippen LogP contribution in [0.5, 0.6) is 0 Å². The Kier molecular flexibility index (Phi) is 10.1. The lowest BCUT2D eigenvalue weighted by Crippen LogP contribution is -2.54. The summed E-state index contributed by atoms with van der Waals surface area (Å²) in [5.74, 6) is -2.56. The highest BCUT2D eigenvalue weighted by molar-refractivity contribution is 6.26. The smallest absolute Gasteiger partial charge is 0.243 e. The molecule has 2 rings (SSSR count). The maximum Gasteiger partial charge on any atom is 0.243 e. The summed E-state index contributed by atoms with van der Waals surface area (Å²) in [7, 11) is 0. The van der Waals surface area contributed by atoms with Gasteiger partial charge in [-0.2, -0.15) is 0 Å². The van der Waals surface area contributed by atoms with Crippen LogP contribution in [-0.2, 0) is 32.1 Å². The minimum Gasteiger partial charge on any atom is -0.350 e. The van der Waals surface area contributed by atoms with Gasteiger partial charge < -0.3 is 21.4 Å². The molecule has 0 fully saturated rings. The Bertz CT molecular complexity index is 1040. The third-order valence-electron chi connectivity index (χ3n) is 5.08. The van der Waals surface area contributed by atoms with E-state index in [1.165, 1.54) is 25.1 Å². The Balaban J connectivity index is 2.13. The second-order valence-corrected chi connectivity index (χ2v) is 8.00. The van der Waals surface area contributed by atoms with E-state index in [0.717, 1.165) is 11.1 Å². The Morgan fingerprint density at radius 1 is 0.971 bits per heavy atom. The average Bonchev–Trinajstić information content (AvgIpc) is 2.80. The van der Waals surface area contributed by atoms with Gasteiger partial charge in [0, 0.05) is 26.3 Å². The summed E-state index contributed by atoms with van der Waals surface area (Å²) in [4.78, 5) is 49.1. The normalized spacial score (nSPS) is 12.2. The SMILES string of the molecule is CC(=O)N[C@@H](Cc1cccc(F)c1)C(=O)N[C@@H](CCC(=O)C=N)C(=O)NCc1ccc(C)cc1. The molecule has 180 valence electrons. The number of aryl methyl sites for hydroxylation is 1. The van der Waals surface area contributed by atoms with Gasteiger partial charge in [0.15, 0.2) is 5.78 Å². The first-order chi connectivity index (χ1) is 16.2. The van der Waals surface area contributed by atoms with Crippen LogP contribution in [0.4, 0.5) is 4.39 Å². The quantitative estimate of drug-likeness (QED) is 0.355. The van der Waals surface area contributed by atoms with Gasteiger partial charge in [0.05, 0.1) is 6.21 Å². The van der Waals surface area contributed by atoms with E-state index in [4.69, 9.17) is 5.41 Å². The molecular weight excluding hydrogens is 439 g/mol. The summed E-state index contributed by atoms with van der Waals surface area (Å²) in [5.41, 5.74) is 2.43. The van der Waals surface area contributed by atoms with Crippen molar-refractivity contribution in [3.8, 4) is 0 Å². The van der Waals surface area contributed by atoms with E-state index in [1.54, 1.807) is 6.07 Å². The highest BCUT2D eigenvalue weighted by atomic mass is 19.1. The predicted octanol–water partition coefficient (Wildman–Crippen LogP) is 1.98. The van der Waals surface area contributed by atoms with Crippen molar-refractivity contribution in [2.45, 2.75) is 51.7 Å². The predicted molar refractivity (Wildman–Crippen MR) is 126 cm³/mol. The van der Waals surface area contributed by atoms with Crippen LogP contribution >= 0.6 is 0 Å². The van der Waals surface area contributed by atoms with E-state index in [1.807, 2.05) is 31.2 Å². The van der Waals surface area contributed by atoms with Crippen LogP contribution in [0, 0.1) is 18.2 Å². The average molecular weight is 469 g/mol. The van der Waals surface area contributed by atoms with Gasteiger partial charge in [-0.25, -0.2) is 4.39 Å². The number of ketones is 1. The van der Waals surface area contributed by atoms with Crippen LogP contribution in [0.1, 0.15) is 36.5 Å². The number of benzene rings is 2. The topological polar surface area (TPSA) is 128 Å². The summed E-state index contributed by atoms with van der Waals surface area (Å²) in [6.07, 6.45) is 0.543. The second kappa shape index (κ2) is 13.0. The fourth-order valence-electron chi connectivity index (χ4n) is 3.27. The van der Waals surface area contributed by atoms with Gasteiger partial charge in [0.25, 0.3) is 0 Å². The molecule has 0 aromatic heterocycles. The zero-order valence-electron chi connectivity index (χ0n) is 19.2. The van der Waals surface area contributed by atoms with Crippen molar-refractivity contribution in [3.05, 3.63) is 71.0 Å². The summed E-state index contributed by atoms with van der Waals surface area (Å²) >= 11 is 0. The Morgan fingerprint density at radius 3 is 2.29 bits per heavy atom. The van der Waals surface area contributed by atoms with Gasteiger partial charge in [0.1, 0.15) is 17.9 Å². The molecular formula is C25H29FN4O4. The van der Waals surface area contributed by atoms with Gasteiger partial charge in [0.2, 0.25) is 17.7 Å². The van der Waals surface area contributed by atoms with Crippen molar-refractivity contribution in [2.24, 2.45) is 0 Å². The zero-order chi connectivity index (χ0) is 25.1. The molecule has 8 nitrogen and oxygen atoms in total. The number of hydrogen-bond acceptors (Lipinski definition) is 5. The molecule has 0 spiro atoms. The van der Waals surface area contributed by atoms with Crippen LogP contribution in [0.25, 0.3) is 0 Å². The molecule has 0 unspecified atom stereocenters. The minimum absolute atomic E-state index is 0.0142. The zero-order valence-corrected chi connectivity index (χ0v) is 19.2. The number of carbonyl (C=O) groups is 4. The molecule has 3 amide bonds. The van der Waals surface area contributed by atoms with Crippen LogP contribution in [0.2, 0.25) is 0 Å². The van der Waals surface area contributed by atoms with Crippen LogP contribution < -0.4 is 16.0 Å². The van der Waals surface area contributed by atoms with Crippen LogP contribution in [0.3, 0.4) is 0 Å². The molecule has 9 heteroatoms. The highest BCUT2D eigenvalue weighted by Gasteiger charge is 2.27. The van der Waals surface area contributed by atoms with Crippen molar-refractivity contribution >= 4 is 29.7 Å². The van der Waals surface area contributed by atoms with Crippen LogP contribution in [0.15, 0.2) is 48.5 Å². The molecule has 0 heterocycles. The number of Topliss-reactive ketones (excluding diaryl/α,β-unsaturated/α-hetero) is 1. The van der Waals surface area contributed by atoms with Gasteiger partial charge in [-0.3, -0.25) is 19.2 Å². The van der Waals surface area contributed by atoms with Crippen molar-refractivity contribution in [1.29, 1.82) is 5.41 Å². The fourth-order valence-corrected chi connectivity index (χ4v) is 3.27. The fraction of sp³-hybridized carbons (Fsp3) is 0.320. The molecule has 0 aliphatic heterocycles. The Labute approximate surface area is 197 Å².